The number of likely N-dealkylation sites (tertiary alicyclic amines) is 1. The molecular formula is C24H31N5O2. The number of hydrogen-bond acceptors (Lipinski definition) is 3. The number of guanidine groups is 1. The van der Waals surface area contributed by atoms with Crippen molar-refractivity contribution in [2.45, 2.75) is 26.3 Å². The number of anilines is 1. The average molecular weight is 422 g/mol. The lowest BCUT2D eigenvalue weighted by Crippen LogP contribution is -2.40. The molecule has 1 aliphatic rings. The van der Waals surface area contributed by atoms with E-state index in [9.17, 15) is 9.59 Å². The van der Waals surface area contributed by atoms with Crippen LogP contribution in [0.2, 0.25) is 0 Å². The van der Waals surface area contributed by atoms with E-state index in [0.717, 1.165) is 30.8 Å². The molecule has 1 aliphatic heterocycles. The zero-order chi connectivity index (χ0) is 22.1. The monoisotopic (exact) mass is 421 g/mol. The summed E-state index contributed by atoms with van der Waals surface area (Å²) in [5, 5.41) is 9.41. The van der Waals surface area contributed by atoms with Crippen LogP contribution in [0.3, 0.4) is 0 Å². The Bertz CT molecular complexity index is 913. The second kappa shape index (κ2) is 11.2. The van der Waals surface area contributed by atoms with Crippen LogP contribution in [-0.2, 0) is 22.6 Å². The molecular weight excluding hydrogens is 390 g/mol. The van der Waals surface area contributed by atoms with E-state index in [1.807, 2.05) is 47.4 Å². The fraction of sp³-hybridized carbons (Fsp3) is 0.375. The highest BCUT2D eigenvalue weighted by Gasteiger charge is 2.29. The molecule has 1 unspecified atom stereocenters. The Hall–Kier alpha value is -3.35. The number of rotatable bonds is 8. The second-order valence-corrected chi connectivity index (χ2v) is 7.83. The van der Waals surface area contributed by atoms with Gasteiger partial charge in [-0.1, -0.05) is 42.5 Å². The molecule has 2 aromatic rings. The van der Waals surface area contributed by atoms with E-state index in [4.69, 9.17) is 0 Å². The first-order valence-electron chi connectivity index (χ1n) is 10.7. The zero-order valence-corrected chi connectivity index (χ0v) is 18.2. The number of hydrogen-bond donors (Lipinski definition) is 3. The Morgan fingerprint density at radius 3 is 2.61 bits per heavy atom. The van der Waals surface area contributed by atoms with Crippen LogP contribution in [0.15, 0.2) is 59.6 Å². The molecule has 1 atom stereocenters. The number of carbonyl (C=O) groups is 2. The minimum Gasteiger partial charge on any atom is -0.356 e. The fourth-order valence-corrected chi connectivity index (χ4v) is 3.73. The van der Waals surface area contributed by atoms with Crippen molar-refractivity contribution in [2.24, 2.45) is 10.9 Å². The van der Waals surface area contributed by atoms with Gasteiger partial charge < -0.3 is 20.9 Å². The Morgan fingerprint density at radius 1 is 1.10 bits per heavy atom. The van der Waals surface area contributed by atoms with Crippen molar-refractivity contribution in [3.8, 4) is 0 Å². The van der Waals surface area contributed by atoms with Gasteiger partial charge in [-0.2, -0.15) is 0 Å². The van der Waals surface area contributed by atoms with Crippen molar-refractivity contribution in [1.82, 2.24) is 15.5 Å². The van der Waals surface area contributed by atoms with Gasteiger partial charge in [-0.15, -0.1) is 0 Å². The molecule has 164 valence electrons. The Labute approximate surface area is 183 Å². The van der Waals surface area contributed by atoms with E-state index in [1.54, 1.807) is 7.05 Å². The van der Waals surface area contributed by atoms with Crippen LogP contribution >= 0.6 is 0 Å². The maximum absolute atomic E-state index is 12.4. The number of nitrogens with zero attached hydrogens (tertiary/aromatic N) is 2. The summed E-state index contributed by atoms with van der Waals surface area (Å²) in [4.78, 5) is 29.8. The smallest absolute Gasteiger partial charge is 0.223 e. The van der Waals surface area contributed by atoms with E-state index in [0.29, 0.717) is 25.5 Å². The maximum atomic E-state index is 12.4. The maximum Gasteiger partial charge on any atom is 0.223 e. The first-order valence-corrected chi connectivity index (χ1v) is 10.7. The standard InChI is InChI=1S/C24H31N5O2/c1-18(30)28-22-10-6-9-20(13-22)15-26-24(25-2)27-16-21-14-23(31)29(17-21)12-11-19-7-4-3-5-8-19/h3-10,13,21H,11-12,14-17H2,1-2H3,(H,28,30)(H2,25,26,27). The Morgan fingerprint density at radius 2 is 1.87 bits per heavy atom. The molecule has 3 rings (SSSR count). The van der Waals surface area contributed by atoms with Crippen LogP contribution in [0.25, 0.3) is 0 Å². The number of benzene rings is 2. The predicted molar refractivity (Wildman–Crippen MR) is 124 cm³/mol. The molecule has 0 aliphatic carbocycles. The second-order valence-electron chi connectivity index (χ2n) is 7.83. The molecule has 2 amide bonds. The molecule has 1 fully saturated rings. The molecule has 0 saturated carbocycles. The highest BCUT2D eigenvalue weighted by molar-refractivity contribution is 5.88. The van der Waals surface area contributed by atoms with E-state index in [-0.39, 0.29) is 17.7 Å². The number of nitrogens with one attached hydrogen (secondary N) is 3. The molecule has 0 aromatic heterocycles. The highest BCUT2D eigenvalue weighted by atomic mass is 16.2. The molecule has 2 aromatic carbocycles. The molecule has 31 heavy (non-hydrogen) atoms. The highest BCUT2D eigenvalue weighted by Crippen LogP contribution is 2.17. The van der Waals surface area contributed by atoms with Gasteiger partial charge in [0.1, 0.15) is 0 Å². The summed E-state index contributed by atoms with van der Waals surface area (Å²) in [5.74, 6) is 1.09. The van der Waals surface area contributed by atoms with Crippen LogP contribution in [0.4, 0.5) is 5.69 Å². The van der Waals surface area contributed by atoms with Gasteiger partial charge in [0.15, 0.2) is 5.96 Å². The molecule has 1 heterocycles. The molecule has 7 heteroatoms. The van der Waals surface area contributed by atoms with Crippen LogP contribution < -0.4 is 16.0 Å². The number of aliphatic imine (C=N–C) groups is 1. The Balaban J connectivity index is 1.42. The van der Waals surface area contributed by atoms with Crippen LogP contribution in [0.1, 0.15) is 24.5 Å². The van der Waals surface area contributed by atoms with Gasteiger partial charge in [-0.3, -0.25) is 14.6 Å². The van der Waals surface area contributed by atoms with E-state index in [2.05, 4.69) is 33.1 Å². The van der Waals surface area contributed by atoms with Gasteiger partial charge in [-0.05, 0) is 29.7 Å². The summed E-state index contributed by atoms with van der Waals surface area (Å²) in [6.07, 6.45) is 1.45. The minimum absolute atomic E-state index is 0.0912. The van der Waals surface area contributed by atoms with Crippen LogP contribution in [-0.4, -0.2) is 49.4 Å². The van der Waals surface area contributed by atoms with Crippen molar-refractivity contribution < 1.29 is 9.59 Å². The molecule has 1 saturated heterocycles. The number of carbonyl (C=O) groups excluding carboxylic acids is 2. The van der Waals surface area contributed by atoms with Crippen molar-refractivity contribution in [3.63, 3.8) is 0 Å². The van der Waals surface area contributed by atoms with Crippen LogP contribution in [0, 0.1) is 5.92 Å². The lowest BCUT2D eigenvalue weighted by molar-refractivity contribution is -0.127. The van der Waals surface area contributed by atoms with Crippen molar-refractivity contribution in [3.05, 3.63) is 65.7 Å². The normalized spacial score (nSPS) is 16.3. The third kappa shape index (κ3) is 7.13. The summed E-state index contributed by atoms with van der Waals surface area (Å²) in [6.45, 7) is 4.30. The minimum atomic E-state index is -0.0912. The van der Waals surface area contributed by atoms with Crippen molar-refractivity contribution >= 4 is 23.5 Å². The third-order valence-electron chi connectivity index (χ3n) is 5.30. The summed E-state index contributed by atoms with van der Waals surface area (Å²) >= 11 is 0. The molecule has 7 nitrogen and oxygen atoms in total. The van der Waals surface area contributed by atoms with E-state index < -0.39 is 0 Å². The average Bonchev–Trinajstić information content (AvgIpc) is 3.12. The summed E-state index contributed by atoms with van der Waals surface area (Å²) in [6, 6.07) is 18.0. The lowest BCUT2D eigenvalue weighted by atomic mass is 10.1. The number of amides is 2. The predicted octanol–water partition coefficient (Wildman–Crippen LogP) is 2.40. The summed E-state index contributed by atoms with van der Waals surface area (Å²) in [7, 11) is 1.73. The van der Waals surface area contributed by atoms with Gasteiger partial charge in [0.2, 0.25) is 11.8 Å². The zero-order valence-electron chi connectivity index (χ0n) is 18.2. The van der Waals surface area contributed by atoms with Crippen molar-refractivity contribution in [2.75, 3.05) is 32.0 Å². The SMILES string of the molecule is CN=C(NCc1cccc(NC(C)=O)c1)NCC1CC(=O)N(CCc2ccccc2)C1. The quantitative estimate of drug-likeness (QED) is 0.451. The Kier molecular flexibility index (Phi) is 8.04. The van der Waals surface area contributed by atoms with E-state index in [1.165, 1.54) is 12.5 Å². The lowest BCUT2D eigenvalue weighted by Gasteiger charge is -2.18. The van der Waals surface area contributed by atoms with Gasteiger partial charge in [-0.25, -0.2) is 0 Å². The van der Waals surface area contributed by atoms with Crippen molar-refractivity contribution in [1.29, 1.82) is 0 Å². The van der Waals surface area contributed by atoms with Gasteiger partial charge in [0.05, 0.1) is 0 Å². The van der Waals surface area contributed by atoms with Gasteiger partial charge >= 0.3 is 0 Å². The van der Waals surface area contributed by atoms with Crippen LogP contribution in [0.5, 0.6) is 0 Å². The summed E-state index contributed by atoms with van der Waals surface area (Å²) < 4.78 is 0. The third-order valence-corrected chi connectivity index (χ3v) is 5.30. The summed E-state index contributed by atoms with van der Waals surface area (Å²) in [5.41, 5.74) is 3.07. The molecule has 3 N–H and O–H groups in total. The molecule has 0 radical (unpaired) electrons. The first kappa shape index (κ1) is 22.3. The largest absolute Gasteiger partial charge is 0.356 e. The topological polar surface area (TPSA) is 85.8 Å². The van der Waals surface area contributed by atoms with Gasteiger partial charge in [0.25, 0.3) is 0 Å². The fourth-order valence-electron chi connectivity index (χ4n) is 3.73. The molecule has 0 bridgehead atoms. The first-order chi connectivity index (χ1) is 15.0. The molecule has 0 spiro atoms. The van der Waals surface area contributed by atoms with E-state index >= 15 is 0 Å². The van der Waals surface area contributed by atoms with Gasteiger partial charge in [0, 0.05) is 58.2 Å².